The number of fused-ring (bicyclic) bond motifs is 3. The first-order chi connectivity index (χ1) is 20.1. The van der Waals surface area contributed by atoms with Gasteiger partial charge in [0, 0.05) is 23.8 Å². The number of ether oxygens (including phenoxy) is 1. The average Bonchev–Trinajstić information content (AvgIpc) is 3.00. The third-order valence-corrected chi connectivity index (χ3v) is 8.80. The molecule has 0 atom stereocenters. The summed E-state index contributed by atoms with van der Waals surface area (Å²) >= 11 is 4.51. The van der Waals surface area contributed by atoms with Crippen LogP contribution >= 0.6 is 12.6 Å². The molecule has 0 aliphatic heterocycles. The van der Waals surface area contributed by atoms with E-state index in [1.165, 1.54) is 24.4 Å². The minimum Gasteiger partial charge on any atom is -0.504 e. The SMILES string of the molecule is C=CC(=O)NCC12CCC(NC(=O)c3cc(O)c(O)c(Nc4nccc(Nc5cccc(OC)c5S)n4)c3)(CC1)CC2. The molecule has 0 spiro atoms. The third kappa shape index (κ3) is 6.08. The van der Waals surface area contributed by atoms with Gasteiger partial charge in [-0.25, -0.2) is 4.98 Å². The van der Waals surface area contributed by atoms with E-state index in [0.717, 1.165) is 38.5 Å². The highest BCUT2D eigenvalue weighted by Gasteiger charge is 2.49. The molecule has 6 rings (SSSR count). The first-order valence-electron chi connectivity index (χ1n) is 13.7. The van der Waals surface area contributed by atoms with Crippen LogP contribution in [0.25, 0.3) is 0 Å². The lowest BCUT2D eigenvalue weighted by atomic mass is 9.57. The second-order valence-corrected chi connectivity index (χ2v) is 11.4. The van der Waals surface area contributed by atoms with Gasteiger partial charge in [0.2, 0.25) is 11.9 Å². The summed E-state index contributed by atoms with van der Waals surface area (Å²) in [5.74, 6) is -0.219. The highest BCUT2D eigenvalue weighted by atomic mass is 32.1. The number of phenolic OH excluding ortho intramolecular Hbond substituents is 2. The Hall–Kier alpha value is -4.45. The number of hydrogen-bond donors (Lipinski definition) is 7. The summed E-state index contributed by atoms with van der Waals surface area (Å²) in [7, 11) is 1.56. The van der Waals surface area contributed by atoms with Crippen molar-refractivity contribution in [1.82, 2.24) is 20.6 Å². The molecule has 6 N–H and O–H groups in total. The van der Waals surface area contributed by atoms with Crippen LogP contribution in [-0.4, -0.2) is 51.2 Å². The normalized spacial score (nSPS) is 20.8. The monoisotopic (exact) mass is 590 g/mol. The Labute approximate surface area is 249 Å². The number of carbonyl (C=O) groups excluding carboxylic acids is 2. The number of aromatic hydroxyl groups is 2. The lowest BCUT2D eigenvalue weighted by Crippen LogP contribution is -2.58. The molecule has 0 unspecified atom stereocenters. The molecule has 11 nitrogen and oxygen atoms in total. The molecule has 1 aromatic heterocycles. The van der Waals surface area contributed by atoms with Gasteiger partial charge in [-0.2, -0.15) is 4.98 Å². The van der Waals surface area contributed by atoms with Crippen LogP contribution in [0.5, 0.6) is 17.2 Å². The Morgan fingerprint density at radius 1 is 1.07 bits per heavy atom. The summed E-state index contributed by atoms with van der Waals surface area (Å²) in [6.45, 7) is 4.12. The smallest absolute Gasteiger partial charge is 0.251 e. The zero-order valence-corrected chi connectivity index (χ0v) is 24.1. The molecule has 12 heteroatoms. The molecule has 220 valence electrons. The van der Waals surface area contributed by atoms with E-state index in [1.54, 1.807) is 19.2 Å². The number of hydrogen-bond acceptors (Lipinski definition) is 10. The van der Waals surface area contributed by atoms with Crippen LogP contribution in [0.15, 0.2) is 60.1 Å². The molecule has 3 aliphatic carbocycles. The molecule has 42 heavy (non-hydrogen) atoms. The second-order valence-electron chi connectivity index (χ2n) is 10.9. The van der Waals surface area contributed by atoms with Crippen LogP contribution in [-0.2, 0) is 4.79 Å². The van der Waals surface area contributed by atoms with E-state index >= 15 is 0 Å². The standard InChI is InChI=1S/C30H34N6O5S/c1-3-24(38)32-17-29-8-11-30(12-9-29,13-10-29)36-27(40)18-15-20(25(39)21(37)16-18)34-28-31-14-7-23(35-28)33-19-5-4-6-22(41-2)26(19)42/h3-7,14-16,37,39,42H,1,8-13,17H2,2H3,(H,32,38)(H,36,40)(H2,31,33,34,35). The van der Waals surface area contributed by atoms with Gasteiger partial charge < -0.3 is 36.2 Å². The fraction of sp³-hybridized carbons (Fsp3) is 0.333. The highest BCUT2D eigenvalue weighted by molar-refractivity contribution is 7.80. The molecule has 2 amide bonds. The van der Waals surface area contributed by atoms with Crippen LogP contribution in [0.4, 0.5) is 23.1 Å². The molecule has 1 heterocycles. The predicted molar refractivity (Wildman–Crippen MR) is 162 cm³/mol. The highest BCUT2D eigenvalue weighted by Crippen LogP contribution is 2.52. The second kappa shape index (κ2) is 11.8. The van der Waals surface area contributed by atoms with E-state index in [0.29, 0.717) is 28.7 Å². The number of methoxy groups -OCH3 is 1. The van der Waals surface area contributed by atoms with Crippen LogP contribution in [0.2, 0.25) is 0 Å². The molecule has 2 bridgehead atoms. The first kappa shape index (κ1) is 29.1. The van der Waals surface area contributed by atoms with E-state index < -0.39 is 11.5 Å². The van der Waals surface area contributed by atoms with Crippen molar-refractivity contribution in [3.63, 3.8) is 0 Å². The quantitative estimate of drug-likeness (QED) is 0.100. The number of anilines is 4. The van der Waals surface area contributed by atoms with Crippen molar-refractivity contribution in [3.8, 4) is 17.2 Å². The van der Waals surface area contributed by atoms with Crippen molar-refractivity contribution in [3.05, 3.63) is 60.8 Å². The summed E-state index contributed by atoms with van der Waals surface area (Å²) in [6, 6.07) is 9.79. The first-order valence-corrected chi connectivity index (χ1v) is 14.1. The zero-order valence-electron chi connectivity index (χ0n) is 23.2. The van der Waals surface area contributed by atoms with Crippen molar-refractivity contribution >= 4 is 47.6 Å². The number of nitrogens with one attached hydrogen (secondary N) is 4. The summed E-state index contributed by atoms with van der Waals surface area (Å²) in [6.07, 6.45) is 7.88. The molecule has 3 fully saturated rings. The number of carbonyl (C=O) groups is 2. The maximum absolute atomic E-state index is 13.4. The summed E-state index contributed by atoms with van der Waals surface area (Å²) in [5, 5.41) is 33.2. The molecule has 3 aromatic rings. The Morgan fingerprint density at radius 2 is 1.81 bits per heavy atom. The van der Waals surface area contributed by atoms with Crippen LogP contribution in [0, 0.1) is 5.41 Å². The van der Waals surface area contributed by atoms with Gasteiger partial charge in [0.25, 0.3) is 5.91 Å². The topological polar surface area (TPSA) is 158 Å². The number of phenols is 2. The average molecular weight is 591 g/mol. The van der Waals surface area contributed by atoms with Crippen molar-refractivity contribution in [2.24, 2.45) is 5.41 Å². The van der Waals surface area contributed by atoms with Crippen LogP contribution in [0.1, 0.15) is 48.9 Å². The molecule has 3 saturated carbocycles. The van der Waals surface area contributed by atoms with Crippen molar-refractivity contribution in [2.45, 2.75) is 49.0 Å². The number of amides is 2. The minimum absolute atomic E-state index is 0.0451. The lowest BCUT2D eigenvalue weighted by molar-refractivity contribution is -0.117. The number of nitrogens with zero attached hydrogens (tertiary/aromatic N) is 2. The van der Waals surface area contributed by atoms with Gasteiger partial charge in [0.15, 0.2) is 11.5 Å². The van der Waals surface area contributed by atoms with E-state index in [9.17, 15) is 19.8 Å². The molecule has 0 saturated heterocycles. The Kier molecular flexibility index (Phi) is 8.17. The summed E-state index contributed by atoms with van der Waals surface area (Å²) in [5.41, 5.74) is 0.634. The van der Waals surface area contributed by atoms with E-state index in [2.05, 4.69) is 50.4 Å². The number of aromatic nitrogens is 2. The molecule has 0 radical (unpaired) electrons. The zero-order chi connectivity index (χ0) is 29.9. The molecular weight excluding hydrogens is 556 g/mol. The van der Waals surface area contributed by atoms with Gasteiger partial charge >= 0.3 is 0 Å². The maximum Gasteiger partial charge on any atom is 0.251 e. The van der Waals surface area contributed by atoms with Gasteiger partial charge in [-0.1, -0.05) is 12.6 Å². The number of benzene rings is 2. The van der Waals surface area contributed by atoms with E-state index in [1.807, 2.05) is 12.1 Å². The Balaban J connectivity index is 1.28. The lowest BCUT2D eigenvalue weighted by Gasteiger charge is -2.53. The van der Waals surface area contributed by atoms with Crippen LogP contribution in [0.3, 0.4) is 0 Å². The van der Waals surface area contributed by atoms with Gasteiger partial charge in [-0.3, -0.25) is 9.59 Å². The molecule has 2 aromatic carbocycles. The van der Waals surface area contributed by atoms with E-state index in [-0.39, 0.29) is 40.0 Å². The fourth-order valence-electron chi connectivity index (χ4n) is 5.76. The number of rotatable bonds is 10. The Morgan fingerprint density at radius 3 is 2.50 bits per heavy atom. The maximum atomic E-state index is 13.4. The van der Waals surface area contributed by atoms with Gasteiger partial charge in [0.1, 0.15) is 11.6 Å². The van der Waals surface area contributed by atoms with Crippen molar-refractivity contribution in [2.75, 3.05) is 24.3 Å². The largest absolute Gasteiger partial charge is 0.504 e. The van der Waals surface area contributed by atoms with Gasteiger partial charge in [0.05, 0.1) is 23.4 Å². The fourth-order valence-corrected chi connectivity index (χ4v) is 6.05. The van der Waals surface area contributed by atoms with E-state index in [4.69, 9.17) is 4.74 Å². The summed E-state index contributed by atoms with van der Waals surface area (Å²) < 4.78 is 5.31. The third-order valence-electron chi connectivity index (χ3n) is 8.34. The van der Waals surface area contributed by atoms with Crippen LogP contribution < -0.4 is 26.0 Å². The Bertz CT molecular complexity index is 1510. The minimum atomic E-state index is -0.447. The number of thiol groups is 1. The van der Waals surface area contributed by atoms with Crippen molar-refractivity contribution in [1.29, 1.82) is 0 Å². The van der Waals surface area contributed by atoms with Gasteiger partial charge in [-0.15, -0.1) is 12.6 Å². The van der Waals surface area contributed by atoms with Gasteiger partial charge in [-0.05, 0) is 80.3 Å². The predicted octanol–water partition coefficient (Wildman–Crippen LogP) is 4.80. The summed E-state index contributed by atoms with van der Waals surface area (Å²) in [4.78, 5) is 34.3. The molecule has 3 aliphatic rings. The molecular formula is C30H34N6O5S. The van der Waals surface area contributed by atoms with Crippen molar-refractivity contribution < 1.29 is 24.5 Å².